The van der Waals surface area contributed by atoms with Gasteiger partial charge in [0.05, 0.1) is 36.9 Å². The molecule has 6 rings (SSSR count). The van der Waals surface area contributed by atoms with Gasteiger partial charge in [0.1, 0.15) is 11.8 Å². The number of methoxy groups -OCH3 is 1. The monoisotopic (exact) mass is 485 g/mol. The third kappa shape index (κ3) is 3.19. The number of hydrazone groups is 1. The Kier molecular flexibility index (Phi) is 4.96. The lowest BCUT2D eigenvalue weighted by atomic mass is 9.83. The zero-order chi connectivity index (χ0) is 24.3. The normalized spacial score (nSPS) is 24.3. The third-order valence-corrected chi connectivity index (χ3v) is 7.27. The molecule has 3 aliphatic rings. The topological polar surface area (TPSA) is 79.3 Å². The number of hydrogen-bond acceptors (Lipinski definition) is 6. The fourth-order valence-corrected chi connectivity index (χ4v) is 5.57. The molecule has 2 saturated heterocycles. The first kappa shape index (κ1) is 21.6. The van der Waals surface area contributed by atoms with Gasteiger partial charge in [-0.2, -0.15) is 5.10 Å². The van der Waals surface area contributed by atoms with Crippen LogP contribution >= 0.6 is 11.6 Å². The van der Waals surface area contributed by atoms with Crippen molar-refractivity contribution in [2.75, 3.05) is 12.0 Å². The molecular formula is C27H20ClN3O4. The molecule has 35 heavy (non-hydrogen) atoms. The Labute approximate surface area is 206 Å². The lowest BCUT2D eigenvalue weighted by Gasteiger charge is -2.33. The Hall–Kier alpha value is -3.97. The molecule has 8 heteroatoms. The van der Waals surface area contributed by atoms with Crippen molar-refractivity contribution >= 4 is 41.1 Å². The van der Waals surface area contributed by atoms with E-state index in [0.717, 1.165) is 11.1 Å². The largest absolute Gasteiger partial charge is 0.497 e. The van der Waals surface area contributed by atoms with E-state index < -0.39 is 29.8 Å². The molecule has 2 fully saturated rings. The van der Waals surface area contributed by atoms with Crippen LogP contribution in [0, 0.1) is 11.8 Å². The molecule has 0 saturated carbocycles. The zero-order valence-electron chi connectivity index (χ0n) is 18.7. The molecule has 0 radical (unpaired) electrons. The van der Waals surface area contributed by atoms with E-state index in [9.17, 15) is 14.4 Å². The van der Waals surface area contributed by atoms with Gasteiger partial charge >= 0.3 is 0 Å². The number of ether oxygens (including phenoxy) is 1. The van der Waals surface area contributed by atoms with Gasteiger partial charge in [-0.3, -0.25) is 19.4 Å². The minimum absolute atomic E-state index is 0.263. The zero-order valence-corrected chi connectivity index (χ0v) is 19.4. The maximum Gasteiger partial charge on any atom is 0.240 e. The van der Waals surface area contributed by atoms with Gasteiger partial charge in [-0.25, -0.2) is 4.90 Å². The van der Waals surface area contributed by atoms with Gasteiger partial charge in [-0.15, -0.1) is 0 Å². The van der Waals surface area contributed by atoms with Crippen LogP contribution in [-0.2, 0) is 9.59 Å². The van der Waals surface area contributed by atoms with Crippen molar-refractivity contribution in [2.24, 2.45) is 16.9 Å². The van der Waals surface area contributed by atoms with E-state index in [4.69, 9.17) is 16.3 Å². The number of carbonyl (C=O) groups is 3. The predicted octanol–water partition coefficient (Wildman–Crippen LogP) is 4.11. The van der Waals surface area contributed by atoms with Crippen LogP contribution < -0.4 is 9.64 Å². The first-order chi connectivity index (χ1) is 17.0. The molecule has 0 N–H and O–H groups in total. The minimum atomic E-state index is -0.920. The van der Waals surface area contributed by atoms with Crippen LogP contribution in [0.4, 0.5) is 5.69 Å². The summed E-state index contributed by atoms with van der Waals surface area (Å²) < 4.78 is 5.21. The Morgan fingerprint density at radius 3 is 2.31 bits per heavy atom. The van der Waals surface area contributed by atoms with Gasteiger partial charge in [0.2, 0.25) is 11.8 Å². The highest BCUT2D eigenvalue weighted by molar-refractivity contribution is 6.31. The van der Waals surface area contributed by atoms with Crippen LogP contribution in [0.15, 0.2) is 77.9 Å². The van der Waals surface area contributed by atoms with E-state index in [1.54, 1.807) is 66.9 Å². The summed E-state index contributed by atoms with van der Waals surface area (Å²) in [5, 5.41) is 6.73. The number of hydrogen-bond donors (Lipinski definition) is 0. The summed E-state index contributed by atoms with van der Waals surface area (Å²) in [7, 11) is 1.55. The Morgan fingerprint density at radius 1 is 0.914 bits per heavy atom. The van der Waals surface area contributed by atoms with Gasteiger partial charge in [0, 0.05) is 10.6 Å². The standard InChI is InChI=1S/C27H20ClN3O4/c1-35-19-12-6-15(7-13-19)25(32)24-22-21(23-20-5-3-2-4-16(20)14-29-31(23)24)26(33)30(27(22)34)18-10-8-17(28)9-11-18/h2-14,21-24H,1H3/t21-,22+,23+,24-/m1/s1. The molecule has 174 valence electrons. The Bertz CT molecular complexity index is 1390. The van der Waals surface area contributed by atoms with E-state index in [-0.39, 0.29) is 11.7 Å². The molecule has 3 aliphatic heterocycles. The second-order valence-corrected chi connectivity index (χ2v) is 9.21. The van der Waals surface area contributed by atoms with E-state index in [1.165, 1.54) is 4.90 Å². The van der Waals surface area contributed by atoms with Crippen LogP contribution in [-0.4, -0.2) is 42.0 Å². The maximum absolute atomic E-state index is 13.8. The maximum atomic E-state index is 13.8. The molecule has 3 aromatic rings. The molecule has 0 spiro atoms. The minimum Gasteiger partial charge on any atom is -0.497 e. The summed E-state index contributed by atoms with van der Waals surface area (Å²) in [5.41, 5.74) is 2.61. The fraction of sp³-hybridized carbons (Fsp3) is 0.185. The number of ketones is 1. The number of imide groups is 1. The second kappa shape index (κ2) is 8.06. The van der Waals surface area contributed by atoms with Crippen molar-refractivity contribution < 1.29 is 19.1 Å². The molecule has 2 amide bonds. The number of carbonyl (C=O) groups excluding carboxylic acids is 3. The molecule has 7 nitrogen and oxygen atoms in total. The lowest BCUT2D eigenvalue weighted by molar-refractivity contribution is -0.124. The predicted molar refractivity (Wildman–Crippen MR) is 131 cm³/mol. The van der Waals surface area contributed by atoms with Gasteiger partial charge in [-0.05, 0) is 59.7 Å². The molecule has 0 aromatic heterocycles. The first-order valence-electron chi connectivity index (χ1n) is 11.2. The van der Waals surface area contributed by atoms with Gasteiger partial charge in [0.25, 0.3) is 0 Å². The Balaban J connectivity index is 1.47. The fourth-order valence-electron chi connectivity index (χ4n) is 5.44. The molecule has 0 aliphatic carbocycles. The summed E-state index contributed by atoms with van der Waals surface area (Å²) in [6.07, 6.45) is 1.69. The summed E-state index contributed by atoms with van der Waals surface area (Å²) in [5.74, 6) is -2.01. The number of halogens is 1. The van der Waals surface area contributed by atoms with E-state index >= 15 is 0 Å². The number of benzene rings is 3. The average molecular weight is 486 g/mol. The van der Waals surface area contributed by atoms with E-state index in [1.807, 2.05) is 24.3 Å². The van der Waals surface area contributed by atoms with E-state index in [2.05, 4.69) is 5.10 Å². The lowest BCUT2D eigenvalue weighted by Crippen LogP contribution is -2.44. The smallest absolute Gasteiger partial charge is 0.240 e. The number of rotatable bonds is 4. The quantitative estimate of drug-likeness (QED) is 0.410. The Morgan fingerprint density at radius 2 is 1.60 bits per heavy atom. The van der Waals surface area contributed by atoms with Crippen LogP contribution in [0.5, 0.6) is 5.75 Å². The average Bonchev–Trinajstić information content (AvgIpc) is 3.37. The van der Waals surface area contributed by atoms with Crippen LogP contribution in [0.2, 0.25) is 5.02 Å². The molecule has 0 bridgehead atoms. The highest BCUT2D eigenvalue weighted by Gasteiger charge is 2.65. The molecule has 3 heterocycles. The summed E-state index contributed by atoms with van der Waals surface area (Å²) in [4.78, 5) is 42.6. The first-order valence-corrected chi connectivity index (χ1v) is 11.6. The number of Topliss-reactive ketones (excluding diaryl/α,β-unsaturated/α-hetero) is 1. The van der Waals surface area contributed by atoms with Crippen molar-refractivity contribution in [3.05, 3.63) is 94.5 Å². The molecular weight excluding hydrogens is 466 g/mol. The van der Waals surface area contributed by atoms with Crippen LogP contribution in [0.25, 0.3) is 0 Å². The number of fused-ring (bicyclic) bond motifs is 5. The van der Waals surface area contributed by atoms with Gasteiger partial charge in [0.15, 0.2) is 5.78 Å². The number of nitrogens with zero attached hydrogens (tertiary/aromatic N) is 3. The van der Waals surface area contributed by atoms with Gasteiger partial charge in [-0.1, -0.05) is 35.9 Å². The SMILES string of the molecule is COc1ccc(C(=O)[C@H]2[C@H]3C(=O)N(c4ccc(Cl)cc4)C(=O)[C@H]3[C@@H]3c4ccccc4C=NN23)cc1. The van der Waals surface area contributed by atoms with Crippen molar-refractivity contribution in [3.63, 3.8) is 0 Å². The summed E-state index contributed by atoms with van der Waals surface area (Å²) in [6.45, 7) is 0. The van der Waals surface area contributed by atoms with Crippen molar-refractivity contribution in [2.45, 2.75) is 12.1 Å². The van der Waals surface area contributed by atoms with Crippen molar-refractivity contribution in [1.29, 1.82) is 0 Å². The van der Waals surface area contributed by atoms with Crippen LogP contribution in [0.3, 0.4) is 0 Å². The second-order valence-electron chi connectivity index (χ2n) is 8.78. The van der Waals surface area contributed by atoms with Crippen molar-refractivity contribution in [3.8, 4) is 5.75 Å². The molecule has 0 unspecified atom stereocenters. The van der Waals surface area contributed by atoms with Gasteiger partial charge < -0.3 is 4.74 Å². The molecule has 4 atom stereocenters. The highest BCUT2D eigenvalue weighted by Crippen LogP contribution is 2.53. The molecule has 3 aromatic carbocycles. The van der Waals surface area contributed by atoms with Crippen molar-refractivity contribution in [1.82, 2.24) is 5.01 Å². The number of anilines is 1. The highest BCUT2D eigenvalue weighted by atomic mass is 35.5. The third-order valence-electron chi connectivity index (χ3n) is 7.02. The number of amides is 2. The summed E-state index contributed by atoms with van der Waals surface area (Å²) in [6, 6.07) is 19.5. The summed E-state index contributed by atoms with van der Waals surface area (Å²) >= 11 is 6.02. The van der Waals surface area contributed by atoms with E-state index in [0.29, 0.717) is 22.0 Å². The van der Waals surface area contributed by atoms with Crippen LogP contribution in [0.1, 0.15) is 27.5 Å².